The molecule has 1 rings (SSSR count). The van der Waals surface area contributed by atoms with Crippen LogP contribution < -0.4 is 10.2 Å². The number of rotatable bonds is 9. The number of hydrogen-bond acceptors (Lipinski definition) is 5. The van der Waals surface area contributed by atoms with Gasteiger partial charge in [0.1, 0.15) is 18.0 Å². The van der Waals surface area contributed by atoms with E-state index in [1.165, 1.54) is 0 Å². The lowest BCUT2D eigenvalue weighted by molar-refractivity contribution is 0.425. The lowest BCUT2D eigenvalue weighted by atomic mass is 10.3. The van der Waals surface area contributed by atoms with Gasteiger partial charge in [-0.25, -0.2) is 9.97 Å². The van der Waals surface area contributed by atoms with Gasteiger partial charge in [-0.1, -0.05) is 13.8 Å². The molecule has 0 aromatic carbocycles. The Morgan fingerprint density at radius 1 is 1.05 bits per heavy atom. The van der Waals surface area contributed by atoms with E-state index >= 15 is 0 Å². The molecule has 1 aromatic rings. The molecule has 0 amide bonds. The van der Waals surface area contributed by atoms with Crippen LogP contribution in [-0.4, -0.2) is 55.1 Å². The molecule has 0 aliphatic carbocycles. The lowest BCUT2D eigenvalue weighted by Crippen LogP contribution is -2.26. The third kappa shape index (κ3) is 5.87. The fourth-order valence-electron chi connectivity index (χ4n) is 1.90. The first-order chi connectivity index (χ1) is 9.17. The minimum atomic E-state index is 0.894. The van der Waals surface area contributed by atoms with Crippen molar-refractivity contribution in [2.24, 2.45) is 0 Å². The number of aromatic nitrogens is 2. The van der Waals surface area contributed by atoms with Gasteiger partial charge in [-0.15, -0.1) is 0 Å². The molecule has 0 saturated heterocycles. The first-order valence-electron chi connectivity index (χ1n) is 7.13. The molecule has 1 aromatic heterocycles. The van der Waals surface area contributed by atoms with E-state index in [2.05, 4.69) is 53.0 Å². The molecule has 5 heteroatoms. The maximum Gasteiger partial charge on any atom is 0.134 e. The second-order valence-electron chi connectivity index (χ2n) is 4.98. The highest BCUT2D eigenvalue weighted by Gasteiger charge is 2.07. The van der Waals surface area contributed by atoms with Gasteiger partial charge in [0.25, 0.3) is 0 Å². The number of nitrogens with one attached hydrogen (secondary N) is 1. The van der Waals surface area contributed by atoms with Crippen LogP contribution in [0.5, 0.6) is 0 Å². The molecule has 1 heterocycles. The first-order valence-corrected chi connectivity index (χ1v) is 7.13. The summed E-state index contributed by atoms with van der Waals surface area (Å²) in [4.78, 5) is 13.1. The Balaban J connectivity index is 2.63. The summed E-state index contributed by atoms with van der Waals surface area (Å²) in [5.41, 5.74) is 0. The summed E-state index contributed by atoms with van der Waals surface area (Å²) >= 11 is 0. The molecule has 0 bridgehead atoms. The average Bonchev–Trinajstić information content (AvgIpc) is 2.38. The molecule has 0 fully saturated rings. The smallest absolute Gasteiger partial charge is 0.134 e. The third-order valence-electron chi connectivity index (χ3n) is 2.83. The Morgan fingerprint density at radius 3 is 2.32 bits per heavy atom. The van der Waals surface area contributed by atoms with Gasteiger partial charge < -0.3 is 15.1 Å². The zero-order chi connectivity index (χ0) is 14.1. The van der Waals surface area contributed by atoms with Gasteiger partial charge in [-0.3, -0.25) is 0 Å². The number of nitrogens with zero attached hydrogens (tertiary/aromatic N) is 4. The summed E-state index contributed by atoms with van der Waals surface area (Å²) < 4.78 is 0. The second-order valence-corrected chi connectivity index (χ2v) is 4.98. The van der Waals surface area contributed by atoms with E-state index in [0.717, 1.165) is 50.7 Å². The minimum absolute atomic E-state index is 0.894. The van der Waals surface area contributed by atoms with Gasteiger partial charge >= 0.3 is 0 Å². The fourth-order valence-corrected chi connectivity index (χ4v) is 1.90. The second kappa shape index (κ2) is 8.69. The fraction of sp³-hybridized carbons (Fsp3) is 0.714. The topological polar surface area (TPSA) is 44.3 Å². The molecule has 1 N–H and O–H groups in total. The van der Waals surface area contributed by atoms with Crippen LogP contribution in [0.3, 0.4) is 0 Å². The zero-order valence-electron chi connectivity index (χ0n) is 12.7. The van der Waals surface area contributed by atoms with Gasteiger partial charge in [0.15, 0.2) is 0 Å². The van der Waals surface area contributed by atoms with Crippen molar-refractivity contribution in [2.45, 2.75) is 26.7 Å². The largest absolute Gasteiger partial charge is 0.369 e. The summed E-state index contributed by atoms with van der Waals surface area (Å²) in [6.07, 6.45) is 3.91. The first kappa shape index (κ1) is 15.7. The van der Waals surface area contributed by atoms with Crippen LogP contribution in [0.1, 0.15) is 26.7 Å². The Bertz CT molecular complexity index is 347. The average molecular weight is 265 g/mol. The number of likely N-dealkylation sites (N-methyl/N-ethyl adjacent to an activating group) is 1. The van der Waals surface area contributed by atoms with Crippen LogP contribution in [0.15, 0.2) is 12.4 Å². The van der Waals surface area contributed by atoms with Gasteiger partial charge in [-0.05, 0) is 26.9 Å². The van der Waals surface area contributed by atoms with Crippen LogP contribution in [0.4, 0.5) is 11.6 Å². The van der Waals surface area contributed by atoms with Crippen LogP contribution in [0.25, 0.3) is 0 Å². The Labute approximate surface area is 117 Å². The predicted molar refractivity (Wildman–Crippen MR) is 81.9 cm³/mol. The molecule has 5 nitrogen and oxygen atoms in total. The lowest BCUT2D eigenvalue weighted by Gasteiger charge is -2.22. The Hall–Kier alpha value is -1.36. The zero-order valence-corrected chi connectivity index (χ0v) is 12.7. The molecule has 0 aliphatic rings. The standard InChI is InChI=1S/C14H27N5/c1-5-8-19(9-6-2)14-11-13(16-12-17-14)15-7-10-18(3)4/h11-12H,5-10H2,1-4H3,(H,15,16,17). The van der Waals surface area contributed by atoms with Crippen molar-refractivity contribution < 1.29 is 0 Å². The van der Waals surface area contributed by atoms with Crippen LogP contribution in [-0.2, 0) is 0 Å². The Morgan fingerprint density at radius 2 is 1.74 bits per heavy atom. The van der Waals surface area contributed by atoms with E-state index in [1.54, 1.807) is 6.33 Å². The highest BCUT2D eigenvalue weighted by Crippen LogP contribution is 2.14. The molecule has 0 aliphatic heterocycles. The van der Waals surface area contributed by atoms with Gasteiger partial charge in [0.2, 0.25) is 0 Å². The van der Waals surface area contributed by atoms with Crippen LogP contribution in [0, 0.1) is 0 Å². The van der Waals surface area contributed by atoms with Gasteiger partial charge in [-0.2, -0.15) is 0 Å². The molecule has 0 atom stereocenters. The van der Waals surface area contributed by atoms with E-state index in [-0.39, 0.29) is 0 Å². The molecule has 0 saturated carbocycles. The summed E-state index contributed by atoms with van der Waals surface area (Å²) in [5, 5.41) is 3.34. The third-order valence-corrected chi connectivity index (χ3v) is 2.83. The van der Waals surface area contributed by atoms with Crippen molar-refractivity contribution in [1.82, 2.24) is 14.9 Å². The van der Waals surface area contributed by atoms with Crippen molar-refractivity contribution >= 4 is 11.6 Å². The van der Waals surface area contributed by atoms with Crippen molar-refractivity contribution in [3.8, 4) is 0 Å². The summed E-state index contributed by atoms with van der Waals surface area (Å²) in [6.45, 7) is 8.36. The van der Waals surface area contributed by atoms with E-state index in [4.69, 9.17) is 0 Å². The van der Waals surface area contributed by atoms with Crippen LogP contribution >= 0.6 is 0 Å². The highest BCUT2D eigenvalue weighted by molar-refractivity contribution is 5.48. The SMILES string of the molecule is CCCN(CCC)c1cc(NCCN(C)C)ncn1. The van der Waals surface area contributed by atoms with Crippen molar-refractivity contribution in [3.05, 3.63) is 12.4 Å². The molecule has 19 heavy (non-hydrogen) atoms. The van der Waals surface area contributed by atoms with Crippen molar-refractivity contribution in [3.63, 3.8) is 0 Å². The Kier molecular flexibility index (Phi) is 7.18. The van der Waals surface area contributed by atoms with Crippen molar-refractivity contribution in [2.75, 3.05) is 50.5 Å². The van der Waals surface area contributed by atoms with Crippen LogP contribution in [0.2, 0.25) is 0 Å². The predicted octanol–water partition coefficient (Wildman–Crippen LogP) is 2.08. The summed E-state index contributed by atoms with van der Waals surface area (Å²) in [6, 6.07) is 2.04. The highest BCUT2D eigenvalue weighted by atomic mass is 15.2. The molecule has 0 unspecified atom stereocenters. The van der Waals surface area contributed by atoms with E-state index in [1.807, 2.05) is 6.07 Å². The number of anilines is 2. The summed E-state index contributed by atoms with van der Waals surface area (Å²) in [5.74, 6) is 1.93. The maximum absolute atomic E-state index is 4.38. The number of hydrogen-bond donors (Lipinski definition) is 1. The van der Waals surface area contributed by atoms with Crippen molar-refractivity contribution in [1.29, 1.82) is 0 Å². The van der Waals surface area contributed by atoms with Gasteiger partial charge in [0, 0.05) is 32.2 Å². The molecule has 108 valence electrons. The maximum atomic E-state index is 4.38. The normalized spacial score (nSPS) is 10.8. The minimum Gasteiger partial charge on any atom is -0.369 e. The quantitative estimate of drug-likeness (QED) is 0.740. The summed E-state index contributed by atoms with van der Waals surface area (Å²) in [7, 11) is 4.13. The molecule has 0 spiro atoms. The van der Waals surface area contributed by atoms with Gasteiger partial charge in [0.05, 0.1) is 0 Å². The van der Waals surface area contributed by atoms with E-state index in [0.29, 0.717) is 0 Å². The molecular weight excluding hydrogens is 238 g/mol. The molecule has 0 radical (unpaired) electrons. The molecular formula is C14H27N5. The van der Waals surface area contributed by atoms with E-state index in [9.17, 15) is 0 Å². The van der Waals surface area contributed by atoms with E-state index < -0.39 is 0 Å². The monoisotopic (exact) mass is 265 g/mol.